The monoisotopic (exact) mass is 493 g/mol. The molecule has 0 saturated carbocycles. The van der Waals surface area contributed by atoms with Crippen LogP contribution in [-0.2, 0) is 29.7 Å². The molecule has 7 heteroatoms. The third-order valence-corrected chi connectivity index (χ3v) is 9.10. The van der Waals surface area contributed by atoms with Crippen molar-refractivity contribution in [2.75, 3.05) is 25.4 Å². The van der Waals surface area contributed by atoms with Crippen LogP contribution in [0.1, 0.15) is 48.3 Å². The third-order valence-electron chi connectivity index (χ3n) is 7.42. The summed E-state index contributed by atoms with van der Waals surface area (Å²) in [5.41, 5.74) is 4.20. The summed E-state index contributed by atoms with van der Waals surface area (Å²) in [6, 6.07) is 17.8. The number of sulfone groups is 1. The summed E-state index contributed by atoms with van der Waals surface area (Å²) >= 11 is 0. The van der Waals surface area contributed by atoms with E-state index in [0.717, 1.165) is 18.6 Å². The minimum absolute atomic E-state index is 0.0304. The number of nitrogens with zero attached hydrogens (tertiary/aromatic N) is 3. The van der Waals surface area contributed by atoms with Gasteiger partial charge in [-0.15, -0.1) is 0 Å². The number of aromatic nitrogens is 2. The van der Waals surface area contributed by atoms with Gasteiger partial charge in [0.25, 0.3) is 0 Å². The zero-order valence-corrected chi connectivity index (χ0v) is 21.3. The van der Waals surface area contributed by atoms with Gasteiger partial charge in [0.15, 0.2) is 14.9 Å². The smallest absolute Gasteiger partial charge is 0.197 e. The molecule has 0 radical (unpaired) electrons. The Bertz CT molecular complexity index is 1230. The van der Waals surface area contributed by atoms with E-state index in [1.54, 1.807) is 17.8 Å². The van der Waals surface area contributed by atoms with E-state index < -0.39 is 9.84 Å². The summed E-state index contributed by atoms with van der Waals surface area (Å²) in [5.74, 6) is 1.30. The van der Waals surface area contributed by atoms with Crippen molar-refractivity contribution in [2.24, 2.45) is 7.05 Å². The van der Waals surface area contributed by atoms with Gasteiger partial charge in [-0.05, 0) is 80.4 Å². The molecular formula is C28H35N3O3S. The predicted molar refractivity (Wildman–Crippen MR) is 138 cm³/mol. The van der Waals surface area contributed by atoms with Gasteiger partial charge in [-0.25, -0.2) is 13.4 Å². The van der Waals surface area contributed by atoms with E-state index in [9.17, 15) is 8.42 Å². The molecule has 1 aliphatic carbocycles. The molecule has 1 aliphatic heterocycles. The summed E-state index contributed by atoms with van der Waals surface area (Å²) in [6.07, 6.45) is 9.42. The highest BCUT2D eigenvalue weighted by atomic mass is 32.2. The Hall–Kier alpha value is -2.64. The SMILES string of the molecule is Cn1cnc(S(=O)(=O)CCCOc2ccc3c(c2)C(Cc2ccccc2)C(N2CCCC2)CC3)c1. The normalized spacial score (nSPS) is 20.6. The molecule has 2 aliphatic rings. The lowest BCUT2D eigenvalue weighted by Crippen LogP contribution is -2.41. The van der Waals surface area contributed by atoms with Crippen LogP contribution in [0, 0.1) is 0 Å². The number of rotatable bonds is 9. The molecule has 35 heavy (non-hydrogen) atoms. The third kappa shape index (κ3) is 5.62. The molecule has 5 rings (SSSR count). The molecule has 6 nitrogen and oxygen atoms in total. The van der Waals surface area contributed by atoms with Crippen molar-refractivity contribution in [2.45, 2.75) is 55.5 Å². The fourth-order valence-electron chi connectivity index (χ4n) is 5.66. The molecule has 186 valence electrons. The predicted octanol–water partition coefficient (Wildman–Crippen LogP) is 4.40. The standard InChI is InChI=1S/C28H35N3O3S/c1-30-20-28(29-21-30)35(32,33)17-7-16-34-24-12-10-23-11-13-27(31-14-5-6-15-31)26(25(23)19-24)18-22-8-3-2-4-9-22/h2-4,8-10,12,19-21,26-27H,5-7,11,13-18H2,1H3. The Kier molecular flexibility index (Phi) is 7.25. The highest BCUT2D eigenvalue weighted by Crippen LogP contribution is 2.40. The van der Waals surface area contributed by atoms with Crippen LogP contribution in [0.25, 0.3) is 0 Å². The summed E-state index contributed by atoms with van der Waals surface area (Å²) in [5, 5.41) is 0.130. The van der Waals surface area contributed by atoms with Crippen LogP contribution >= 0.6 is 0 Å². The quantitative estimate of drug-likeness (QED) is 0.414. The Labute approximate surface area is 208 Å². The van der Waals surface area contributed by atoms with E-state index in [0.29, 0.717) is 25.0 Å². The van der Waals surface area contributed by atoms with Gasteiger partial charge in [-0.2, -0.15) is 0 Å². The topological polar surface area (TPSA) is 64.4 Å². The maximum Gasteiger partial charge on any atom is 0.197 e. The van der Waals surface area contributed by atoms with E-state index in [1.807, 2.05) is 6.07 Å². The zero-order chi connectivity index (χ0) is 24.3. The van der Waals surface area contributed by atoms with Gasteiger partial charge in [0.2, 0.25) is 0 Å². The summed E-state index contributed by atoms with van der Waals surface area (Å²) in [6.45, 7) is 2.77. The number of imidazole rings is 1. The van der Waals surface area contributed by atoms with E-state index in [2.05, 4.69) is 52.3 Å². The van der Waals surface area contributed by atoms with Crippen molar-refractivity contribution in [3.05, 3.63) is 77.7 Å². The van der Waals surface area contributed by atoms with Crippen LogP contribution in [0.4, 0.5) is 0 Å². The van der Waals surface area contributed by atoms with Crippen molar-refractivity contribution >= 4 is 9.84 Å². The summed E-state index contributed by atoms with van der Waals surface area (Å²) in [7, 11) is -1.62. The lowest BCUT2D eigenvalue weighted by molar-refractivity contribution is 0.188. The average Bonchev–Trinajstić information content (AvgIpc) is 3.55. The summed E-state index contributed by atoms with van der Waals surface area (Å²) in [4.78, 5) is 6.69. The second kappa shape index (κ2) is 10.5. The Morgan fingerprint density at radius 1 is 1.09 bits per heavy atom. The van der Waals surface area contributed by atoms with Crippen molar-refractivity contribution in [1.82, 2.24) is 14.5 Å². The minimum Gasteiger partial charge on any atom is -0.494 e. The molecule has 1 fully saturated rings. The van der Waals surface area contributed by atoms with Crippen LogP contribution < -0.4 is 4.74 Å². The second-order valence-electron chi connectivity index (χ2n) is 9.90. The number of aryl methyl sites for hydroxylation is 2. The first kappa shape index (κ1) is 24.1. The Morgan fingerprint density at radius 3 is 2.63 bits per heavy atom. The van der Waals surface area contributed by atoms with Gasteiger partial charge in [0.1, 0.15) is 5.75 Å². The number of benzene rings is 2. The first-order valence-electron chi connectivity index (χ1n) is 12.7. The first-order chi connectivity index (χ1) is 17.0. The van der Waals surface area contributed by atoms with Gasteiger partial charge >= 0.3 is 0 Å². The van der Waals surface area contributed by atoms with Gasteiger partial charge in [0.05, 0.1) is 18.7 Å². The molecule has 3 aromatic rings. The highest BCUT2D eigenvalue weighted by Gasteiger charge is 2.35. The van der Waals surface area contributed by atoms with Gasteiger partial charge in [-0.1, -0.05) is 36.4 Å². The fourth-order valence-corrected chi connectivity index (χ4v) is 6.91. The van der Waals surface area contributed by atoms with Crippen LogP contribution in [0.2, 0.25) is 0 Å². The van der Waals surface area contributed by atoms with Crippen LogP contribution in [0.15, 0.2) is 66.1 Å². The Balaban J connectivity index is 1.29. The number of ether oxygens (including phenoxy) is 1. The van der Waals surface area contributed by atoms with Gasteiger partial charge < -0.3 is 9.30 Å². The van der Waals surface area contributed by atoms with E-state index in [1.165, 1.54) is 55.4 Å². The number of likely N-dealkylation sites (tertiary alicyclic amines) is 1. The first-order valence-corrected chi connectivity index (χ1v) is 14.4. The zero-order valence-electron chi connectivity index (χ0n) is 20.5. The van der Waals surface area contributed by atoms with E-state index in [4.69, 9.17) is 4.74 Å². The van der Waals surface area contributed by atoms with Crippen molar-refractivity contribution in [3.8, 4) is 5.75 Å². The molecule has 2 atom stereocenters. The molecule has 2 unspecified atom stereocenters. The van der Waals surface area contributed by atoms with E-state index in [-0.39, 0.29) is 10.8 Å². The number of hydrogen-bond donors (Lipinski definition) is 0. The molecule has 1 aromatic heterocycles. The average molecular weight is 494 g/mol. The highest BCUT2D eigenvalue weighted by molar-refractivity contribution is 7.91. The lowest BCUT2D eigenvalue weighted by atomic mass is 9.75. The van der Waals surface area contributed by atoms with Crippen LogP contribution in [0.5, 0.6) is 5.75 Å². The Morgan fingerprint density at radius 2 is 1.89 bits per heavy atom. The molecule has 2 heterocycles. The van der Waals surface area contributed by atoms with Crippen molar-refractivity contribution < 1.29 is 13.2 Å². The molecule has 0 amide bonds. The maximum atomic E-state index is 12.5. The molecule has 1 saturated heterocycles. The number of fused-ring (bicyclic) bond motifs is 1. The summed E-state index contributed by atoms with van der Waals surface area (Å²) < 4.78 is 32.7. The minimum atomic E-state index is -3.39. The lowest BCUT2D eigenvalue weighted by Gasteiger charge is -2.39. The largest absolute Gasteiger partial charge is 0.494 e. The number of hydrogen-bond acceptors (Lipinski definition) is 5. The van der Waals surface area contributed by atoms with E-state index >= 15 is 0 Å². The molecule has 0 bridgehead atoms. The fraction of sp³-hybridized carbons (Fsp3) is 0.464. The van der Waals surface area contributed by atoms with Crippen molar-refractivity contribution in [3.63, 3.8) is 0 Å². The molecule has 2 aromatic carbocycles. The van der Waals surface area contributed by atoms with Crippen LogP contribution in [-0.4, -0.2) is 54.4 Å². The molecule has 0 spiro atoms. The van der Waals surface area contributed by atoms with Gasteiger partial charge in [0, 0.05) is 25.2 Å². The van der Waals surface area contributed by atoms with Crippen molar-refractivity contribution in [1.29, 1.82) is 0 Å². The molecule has 0 N–H and O–H groups in total. The maximum absolute atomic E-state index is 12.5. The van der Waals surface area contributed by atoms with Gasteiger partial charge in [-0.3, -0.25) is 4.90 Å². The second-order valence-corrected chi connectivity index (χ2v) is 12.0. The molecular weight excluding hydrogens is 458 g/mol. The van der Waals surface area contributed by atoms with Crippen LogP contribution in [0.3, 0.4) is 0 Å².